The highest BCUT2D eigenvalue weighted by molar-refractivity contribution is 8.01. The summed E-state index contributed by atoms with van der Waals surface area (Å²) >= 11 is 2.87. The number of thiazole rings is 1. The lowest BCUT2D eigenvalue weighted by atomic mass is 10.0. The molecule has 2 heterocycles. The van der Waals surface area contributed by atoms with Crippen molar-refractivity contribution >= 4 is 50.8 Å². The second-order valence-electron chi connectivity index (χ2n) is 6.51. The number of carbonyl (C=O) groups excluding carboxylic acids is 2. The topological polar surface area (TPSA) is 95.3 Å². The number of nitrogens with one attached hydrogen (secondary N) is 1. The third kappa shape index (κ3) is 4.46. The highest BCUT2D eigenvalue weighted by Crippen LogP contribution is 2.31. The Labute approximate surface area is 181 Å². The van der Waals surface area contributed by atoms with Crippen LogP contribution in [0.5, 0.6) is 0 Å². The van der Waals surface area contributed by atoms with E-state index in [2.05, 4.69) is 16.4 Å². The van der Waals surface area contributed by atoms with Gasteiger partial charge in [0, 0.05) is 18.8 Å². The lowest BCUT2D eigenvalue weighted by Crippen LogP contribution is -2.41. The van der Waals surface area contributed by atoms with Gasteiger partial charge in [-0.2, -0.15) is 5.26 Å². The molecule has 0 bridgehead atoms. The van der Waals surface area contributed by atoms with Crippen LogP contribution < -0.4 is 5.32 Å². The SMILES string of the molecule is N#CCSc1nc2ccc(NC(=O)c3ccccc3C(=O)N3CCOCC3)cc2s1. The number of nitrogens with zero attached hydrogens (tertiary/aromatic N) is 3. The van der Waals surface area contributed by atoms with Gasteiger partial charge in [-0.25, -0.2) is 4.98 Å². The minimum Gasteiger partial charge on any atom is -0.378 e. The summed E-state index contributed by atoms with van der Waals surface area (Å²) in [5.74, 6) is -0.159. The average molecular weight is 439 g/mol. The van der Waals surface area contributed by atoms with E-state index in [0.29, 0.717) is 48.9 Å². The van der Waals surface area contributed by atoms with E-state index in [0.717, 1.165) is 14.6 Å². The first-order valence-electron chi connectivity index (χ1n) is 9.33. The molecule has 7 nitrogen and oxygen atoms in total. The molecule has 4 rings (SSSR count). The Morgan fingerprint density at radius 2 is 1.97 bits per heavy atom. The zero-order valence-corrected chi connectivity index (χ0v) is 17.6. The van der Waals surface area contributed by atoms with E-state index in [4.69, 9.17) is 10.00 Å². The fourth-order valence-corrected chi connectivity index (χ4v) is 4.91. The summed E-state index contributed by atoms with van der Waals surface area (Å²) in [6.07, 6.45) is 0. The number of nitriles is 1. The van der Waals surface area contributed by atoms with Crippen molar-refractivity contribution in [1.82, 2.24) is 9.88 Å². The molecule has 0 radical (unpaired) electrons. The number of hydrogen-bond acceptors (Lipinski definition) is 7. The van der Waals surface area contributed by atoms with Crippen molar-refractivity contribution in [2.45, 2.75) is 4.34 Å². The number of hydrogen-bond donors (Lipinski definition) is 1. The van der Waals surface area contributed by atoms with Crippen LogP contribution in [0.15, 0.2) is 46.8 Å². The fourth-order valence-electron chi connectivity index (χ4n) is 3.14. The number of morpholine rings is 1. The summed E-state index contributed by atoms with van der Waals surface area (Å²) in [5.41, 5.74) is 2.16. The predicted molar refractivity (Wildman–Crippen MR) is 117 cm³/mol. The number of ether oxygens (including phenoxy) is 1. The fraction of sp³-hybridized carbons (Fsp3) is 0.238. The molecule has 152 valence electrons. The molecule has 1 N–H and O–H groups in total. The number of anilines is 1. The molecule has 9 heteroatoms. The van der Waals surface area contributed by atoms with Gasteiger partial charge in [0.05, 0.1) is 46.4 Å². The van der Waals surface area contributed by atoms with E-state index in [1.807, 2.05) is 12.1 Å². The monoisotopic (exact) mass is 438 g/mol. The highest BCUT2D eigenvalue weighted by atomic mass is 32.2. The van der Waals surface area contributed by atoms with Crippen LogP contribution in [-0.2, 0) is 4.74 Å². The van der Waals surface area contributed by atoms with Gasteiger partial charge in [-0.05, 0) is 30.3 Å². The summed E-state index contributed by atoms with van der Waals surface area (Å²) in [4.78, 5) is 32.0. The van der Waals surface area contributed by atoms with Crippen molar-refractivity contribution in [3.8, 4) is 6.07 Å². The van der Waals surface area contributed by atoms with Crippen LogP contribution in [0.3, 0.4) is 0 Å². The molecule has 1 aromatic heterocycles. The van der Waals surface area contributed by atoms with E-state index in [-0.39, 0.29) is 11.8 Å². The van der Waals surface area contributed by atoms with Gasteiger partial charge in [-0.1, -0.05) is 23.9 Å². The number of aromatic nitrogens is 1. The second kappa shape index (κ2) is 9.26. The number of fused-ring (bicyclic) bond motifs is 1. The first-order valence-corrected chi connectivity index (χ1v) is 11.1. The molecule has 3 aromatic rings. The third-order valence-electron chi connectivity index (χ3n) is 4.59. The van der Waals surface area contributed by atoms with E-state index in [9.17, 15) is 9.59 Å². The number of thioether (sulfide) groups is 1. The Balaban J connectivity index is 1.54. The Morgan fingerprint density at radius 3 is 2.73 bits per heavy atom. The van der Waals surface area contributed by atoms with Crippen LogP contribution in [0.1, 0.15) is 20.7 Å². The molecule has 30 heavy (non-hydrogen) atoms. The maximum atomic E-state index is 12.9. The third-order valence-corrected chi connectivity index (χ3v) is 6.62. The molecule has 1 fully saturated rings. The Hall–Kier alpha value is -2.93. The Morgan fingerprint density at radius 1 is 1.20 bits per heavy atom. The first kappa shape index (κ1) is 20.3. The van der Waals surface area contributed by atoms with Crippen molar-refractivity contribution in [2.75, 3.05) is 37.4 Å². The molecule has 1 aliphatic rings. The zero-order chi connectivity index (χ0) is 20.9. The van der Waals surface area contributed by atoms with E-state index in [1.165, 1.54) is 23.1 Å². The van der Waals surface area contributed by atoms with E-state index in [1.54, 1.807) is 35.2 Å². The largest absolute Gasteiger partial charge is 0.378 e. The Bertz CT molecular complexity index is 1130. The van der Waals surface area contributed by atoms with Crippen molar-refractivity contribution in [3.63, 3.8) is 0 Å². The molecule has 2 amide bonds. The van der Waals surface area contributed by atoms with Crippen LogP contribution in [0.25, 0.3) is 10.2 Å². The standard InChI is InChI=1S/C21H18N4O3S2/c22-7-12-29-21-24-17-6-5-14(13-18(17)30-21)23-19(26)15-3-1-2-4-16(15)20(27)25-8-10-28-11-9-25/h1-6,13H,8-12H2,(H,23,26). The average Bonchev–Trinajstić information content (AvgIpc) is 3.20. The van der Waals surface area contributed by atoms with Crippen molar-refractivity contribution < 1.29 is 14.3 Å². The van der Waals surface area contributed by atoms with Crippen LogP contribution in [0.4, 0.5) is 5.69 Å². The maximum absolute atomic E-state index is 12.9. The molecule has 0 spiro atoms. The molecular weight excluding hydrogens is 420 g/mol. The normalized spacial score (nSPS) is 13.8. The van der Waals surface area contributed by atoms with Gasteiger partial charge in [0.1, 0.15) is 0 Å². The lowest BCUT2D eigenvalue weighted by molar-refractivity contribution is 0.0302. The van der Waals surface area contributed by atoms with Crippen molar-refractivity contribution in [3.05, 3.63) is 53.6 Å². The van der Waals surface area contributed by atoms with E-state index < -0.39 is 0 Å². The van der Waals surface area contributed by atoms with Gasteiger partial charge >= 0.3 is 0 Å². The molecule has 0 atom stereocenters. The van der Waals surface area contributed by atoms with Crippen molar-refractivity contribution in [1.29, 1.82) is 5.26 Å². The summed E-state index contributed by atoms with van der Waals surface area (Å²) in [7, 11) is 0. The van der Waals surface area contributed by atoms with Crippen LogP contribution in [-0.4, -0.2) is 53.8 Å². The maximum Gasteiger partial charge on any atom is 0.256 e. The second-order valence-corrected chi connectivity index (χ2v) is 8.77. The predicted octanol–water partition coefficient (Wildman–Crippen LogP) is 3.64. The first-order chi connectivity index (χ1) is 14.7. The Kier molecular flexibility index (Phi) is 6.28. The number of carbonyl (C=O) groups is 2. The smallest absolute Gasteiger partial charge is 0.256 e. The summed E-state index contributed by atoms with van der Waals surface area (Å²) in [6.45, 7) is 2.04. The molecule has 0 unspecified atom stereocenters. The van der Waals surface area contributed by atoms with Gasteiger partial charge in [0.15, 0.2) is 4.34 Å². The summed E-state index contributed by atoms with van der Waals surface area (Å²) in [5, 5.41) is 11.6. The molecular formula is C21H18N4O3S2. The molecule has 1 saturated heterocycles. The highest BCUT2D eigenvalue weighted by Gasteiger charge is 2.23. The quantitative estimate of drug-likeness (QED) is 0.611. The zero-order valence-electron chi connectivity index (χ0n) is 16.0. The lowest BCUT2D eigenvalue weighted by Gasteiger charge is -2.27. The minimum atomic E-state index is -0.338. The number of amides is 2. The van der Waals surface area contributed by atoms with Crippen LogP contribution in [0, 0.1) is 11.3 Å². The minimum absolute atomic E-state index is 0.166. The molecule has 2 aromatic carbocycles. The summed E-state index contributed by atoms with van der Waals surface area (Å²) in [6, 6.07) is 14.4. The molecule has 0 aliphatic carbocycles. The van der Waals surface area contributed by atoms with E-state index >= 15 is 0 Å². The van der Waals surface area contributed by atoms with Gasteiger partial charge in [0.2, 0.25) is 0 Å². The van der Waals surface area contributed by atoms with Gasteiger partial charge in [0.25, 0.3) is 11.8 Å². The van der Waals surface area contributed by atoms with Gasteiger partial charge < -0.3 is 15.0 Å². The molecule has 0 saturated carbocycles. The van der Waals surface area contributed by atoms with Crippen LogP contribution in [0.2, 0.25) is 0 Å². The van der Waals surface area contributed by atoms with Crippen molar-refractivity contribution in [2.24, 2.45) is 0 Å². The number of benzene rings is 2. The van der Waals surface area contributed by atoms with Crippen LogP contribution >= 0.6 is 23.1 Å². The summed E-state index contributed by atoms with van der Waals surface area (Å²) < 4.78 is 7.04. The number of rotatable bonds is 5. The molecule has 1 aliphatic heterocycles. The van der Waals surface area contributed by atoms with Gasteiger partial charge in [-0.3, -0.25) is 9.59 Å². The van der Waals surface area contributed by atoms with Gasteiger partial charge in [-0.15, -0.1) is 11.3 Å².